The van der Waals surface area contributed by atoms with E-state index in [1.165, 1.54) is 17.8 Å². The number of aryl methyl sites for hydroxylation is 2. The van der Waals surface area contributed by atoms with Crippen molar-refractivity contribution in [3.05, 3.63) is 52.5 Å². The van der Waals surface area contributed by atoms with Crippen LogP contribution in [0.15, 0.2) is 36.4 Å². The van der Waals surface area contributed by atoms with Gasteiger partial charge < -0.3 is 10.2 Å². The van der Waals surface area contributed by atoms with Crippen LogP contribution in [0.25, 0.3) is 6.08 Å². The Labute approximate surface area is 170 Å². The highest BCUT2D eigenvalue weighted by atomic mass is 32.1. The van der Waals surface area contributed by atoms with Gasteiger partial charge in [0, 0.05) is 17.0 Å². The predicted molar refractivity (Wildman–Crippen MR) is 114 cm³/mol. The second-order valence-corrected chi connectivity index (χ2v) is 8.41. The summed E-state index contributed by atoms with van der Waals surface area (Å²) >= 11 is 1.46. The molecule has 148 valence electrons. The molecule has 1 aromatic heterocycles. The van der Waals surface area contributed by atoms with Crippen LogP contribution in [-0.2, 0) is 9.59 Å². The average Bonchev–Trinajstić information content (AvgIpc) is 3.02. The molecule has 2 amide bonds. The Balaban J connectivity index is 1.69. The van der Waals surface area contributed by atoms with Gasteiger partial charge in [-0.3, -0.25) is 9.59 Å². The van der Waals surface area contributed by atoms with Crippen LogP contribution >= 0.6 is 11.3 Å². The lowest BCUT2D eigenvalue weighted by Gasteiger charge is -2.33. The van der Waals surface area contributed by atoms with Gasteiger partial charge in [-0.1, -0.05) is 49.6 Å². The van der Waals surface area contributed by atoms with Gasteiger partial charge in [-0.15, -0.1) is 11.3 Å². The minimum atomic E-state index is -0.194. The van der Waals surface area contributed by atoms with Gasteiger partial charge in [0.2, 0.25) is 11.8 Å². The summed E-state index contributed by atoms with van der Waals surface area (Å²) in [7, 11) is 0. The molecular formula is C22H27N3O2S. The van der Waals surface area contributed by atoms with Crippen molar-refractivity contribution in [1.29, 1.82) is 0 Å². The van der Waals surface area contributed by atoms with Crippen LogP contribution < -0.4 is 5.32 Å². The fourth-order valence-corrected chi connectivity index (χ4v) is 4.28. The molecule has 1 saturated carbocycles. The quantitative estimate of drug-likeness (QED) is 0.726. The summed E-state index contributed by atoms with van der Waals surface area (Å²) < 4.78 is 0. The minimum Gasteiger partial charge on any atom is -0.327 e. The van der Waals surface area contributed by atoms with Crippen molar-refractivity contribution in [2.75, 3.05) is 11.9 Å². The van der Waals surface area contributed by atoms with Crippen molar-refractivity contribution in [2.24, 2.45) is 0 Å². The lowest BCUT2D eigenvalue weighted by Crippen LogP contribution is -2.45. The molecule has 0 unspecified atom stereocenters. The van der Waals surface area contributed by atoms with Crippen LogP contribution in [0.4, 0.5) is 5.13 Å². The number of aromatic nitrogens is 1. The largest absolute Gasteiger partial charge is 0.327 e. The van der Waals surface area contributed by atoms with E-state index < -0.39 is 0 Å². The zero-order valence-corrected chi connectivity index (χ0v) is 17.3. The van der Waals surface area contributed by atoms with Gasteiger partial charge in [0.25, 0.3) is 0 Å². The maximum atomic E-state index is 12.9. The Kier molecular flexibility index (Phi) is 6.98. The number of hydrogen-bond acceptors (Lipinski definition) is 4. The third-order valence-electron chi connectivity index (χ3n) is 5.11. The van der Waals surface area contributed by atoms with E-state index in [4.69, 9.17) is 0 Å². The van der Waals surface area contributed by atoms with Crippen LogP contribution in [0.2, 0.25) is 0 Å². The molecule has 1 aliphatic rings. The maximum absolute atomic E-state index is 12.9. The minimum absolute atomic E-state index is 0.0559. The van der Waals surface area contributed by atoms with Crippen LogP contribution in [0.1, 0.15) is 48.2 Å². The second-order valence-electron chi connectivity index (χ2n) is 7.21. The Morgan fingerprint density at radius 3 is 2.54 bits per heavy atom. The number of thiazole rings is 1. The van der Waals surface area contributed by atoms with Gasteiger partial charge >= 0.3 is 0 Å². The molecule has 28 heavy (non-hydrogen) atoms. The molecule has 2 aromatic rings. The number of nitrogens with zero attached hydrogens (tertiary/aromatic N) is 2. The third-order valence-corrected chi connectivity index (χ3v) is 6.09. The van der Waals surface area contributed by atoms with Crippen molar-refractivity contribution in [2.45, 2.75) is 52.0 Å². The molecule has 0 aliphatic heterocycles. The normalized spacial score (nSPS) is 14.9. The van der Waals surface area contributed by atoms with E-state index in [-0.39, 0.29) is 24.4 Å². The lowest BCUT2D eigenvalue weighted by molar-refractivity contribution is -0.133. The van der Waals surface area contributed by atoms with E-state index in [1.807, 2.05) is 50.3 Å². The molecule has 1 N–H and O–H groups in total. The Bertz CT molecular complexity index is 819. The van der Waals surface area contributed by atoms with Crippen LogP contribution in [-0.4, -0.2) is 34.3 Å². The van der Waals surface area contributed by atoms with Gasteiger partial charge in [-0.2, -0.15) is 0 Å². The molecule has 0 spiro atoms. The fraction of sp³-hybridized carbons (Fsp3) is 0.409. The SMILES string of the molecule is Cc1nc(NC(=O)CN(C(=O)/C=C/c2ccccc2)C2CCCCC2)sc1C. The number of carbonyl (C=O) groups is 2. The van der Waals surface area contributed by atoms with E-state index in [1.54, 1.807) is 11.0 Å². The summed E-state index contributed by atoms with van der Waals surface area (Å²) in [5.74, 6) is -0.307. The van der Waals surface area contributed by atoms with Crippen LogP contribution in [0.3, 0.4) is 0 Å². The standard InChI is InChI=1S/C22H27N3O2S/c1-16-17(2)28-22(23-16)24-20(26)15-25(19-11-7-4-8-12-19)21(27)14-13-18-9-5-3-6-10-18/h3,5-6,9-10,13-14,19H,4,7-8,11-12,15H2,1-2H3,(H,23,24,26)/b14-13+. The van der Waals surface area contributed by atoms with E-state index in [0.29, 0.717) is 5.13 Å². The molecule has 0 radical (unpaired) electrons. The lowest BCUT2D eigenvalue weighted by atomic mass is 9.94. The van der Waals surface area contributed by atoms with Crippen molar-refractivity contribution in [1.82, 2.24) is 9.88 Å². The van der Waals surface area contributed by atoms with Crippen LogP contribution in [0.5, 0.6) is 0 Å². The maximum Gasteiger partial charge on any atom is 0.247 e. The first kappa shape index (κ1) is 20.3. The molecule has 5 nitrogen and oxygen atoms in total. The third kappa shape index (κ3) is 5.52. The molecular weight excluding hydrogens is 370 g/mol. The summed E-state index contributed by atoms with van der Waals surface area (Å²) in [6, 6.07) is 9.85. The summed E-state index contributed by atoms with van der Waals surface area (Å²) in [4.78, 5) is 32.7. The second kappa shape index (κ2) is 9.64. The summed E-state index contributed by atoms with van der Waals surface area (Å²) in [5, 5.41) is 3.45. The first-order chi connectivity index (χ1) is 13.5. The number of hydrogen-bond donors (Lipinski definition) is 1. The van der Waals surface area contributed by atoms with Crippen molar-refractivity contribution < 1.29 is 9.59 Å². The van der Waals surface area contributed by atoms with E-state index in [0.717, 1.165) is 41.8 Å². The first-order valence-electron chi connectivity index (χ1n) is 9.80. The summed E-state index contributed by atoms with van der Waals surface area (Å²) in [5.41, 5.74) is 1.89. The van der Waals surface area contributed by atoms with Crippen molar-refractivity contribution in [3.8, 4) is 0 Å². The fourth-order valence-electron chi connectivity index (χ4n) is 3.45. The molecule has 0 bridgehead atoms. The molecule has 3 rings (SSSR count). The first-order valence-corrected chi connectivity index (χ1v) is 10.6. The number of benzene rings is 1. The Morgan fingerprint density at radius 1 is 1.18 bits per heavy atom. The van der Waals surface area contributed by atoms with E-state index in [2.05, 4.69) is 10.3 Å². The van der Waals surface area contributed by atoms with Gasteiger partial charge in [-0.05, 0) is 38.3 Å². The van der Waals surface area contributed by atoms with Crippen molar-refractivity contribution >= 4 is 34.4 Å². The highest BCUT2D eigenvalue weighted by Crippen LogP contribution is 2.24. The van der Waals surface area contributed by atoms with Gasteiger partial charge in [0.1, 0.15) is 6.54 Å². The predicted octanol–water partition coefficient (Wildman–Crippen LogP) is 4.57. The topological polar surface area (TPSA) is 62.3 Å². The van der Waals surface area contributed by atoms with Crippen molar-refractivity contribution in [3.63, 3.8) is 0 Å². The number of carbonyl (C=O) groups excluding carboxylic acids is 2. The molecule has 1 aliphatic carbocycles. The monoisotopic (exact) mass is 397 g/mol. The van der Waals surface area contributed by atoms with Gasteiger partial charge in [0.05, 0.1) is 5.69 Å². The average molecular weight is 398 g/mol. The summed E-state index contributed by atoms with van der Waals surface area (Å²) in [6.45, 7) is 3.96. The Morgan fingerprint density at radius 2 is 1.89 bits per heavy atom. The molecule has 6 heteroatoms. The summed E-state index contributed by atoms with van der Waals surface area (Å²) in [6.07, 6.45) is 8.69. The smallest absolute Gasteiger partial charge is 0.247 e. The van der Waals surface area contributed by atoms with Gasteiger partial charge in [-0.25, -0.2) is 4.98 Å². The van der Waals surface area contributed by atoms with Gasteiger partial charge in [0.15, 0.2) is 5.13 Å². The highest BCUT2D eigenvalue weighted by Gasteiger charge is 2.26. The zero-order chi connectivity index (χ0) is 19.9. The number of rotatable bonds is 6. The van der Waals surface area contributed by atoms with E-state index in [9.17, 15) is 9.59 Å². The molecule has 0 atom stereocenters. The van der Waals surface area contributed by atoms with E-state index >= 15 is 0 Å². The highest BCUT2D eigenvalue weighted by molar-refractivity contribution is 7.15. The number of anilines is 1. The Hall–Kier alpha value is -2.47. The van der Waals surface area contributed by atoms with Crippen LogP contribution in [0, 0.1) is 13.8 Å². The number of amides is 2. The molecule has 1 heterocycles. The number of nitrogens with one attached hydrogen (secondary N) is 1. The molecule has 1 fully saturated rings. The zero-order valence-electron chi connectivity index (χ0n) is 16.5. The molecule has 0 saturated heterocycles. The molecule has 1 aromatic carbocycles.